The van der Waals surface area contributed by atoms with E-state index in [1.807, 2.05) is 4.90 Å². The van der Waals surface area contributed by atoms with Crippen LogP contribution in [0.4, 0.5) is 15.8 Å². The van der Waals surface area contributed by atoms with Crippen LogP contribution >= 0.6 is 35.6 Å². The van der Waals surface area contributed by atoms with E-state index in [0.717, 1.165) is 0 Å². The number of nitrogens with one attached hydrogen (secondary N) is 2. The highest BCUT2D eigenvalue weighted by Crippen LogP contribution is 2.36. The van der Waals surface area contributed by atoms with E-state index in [-0.39, 0.29) is 29.8 Å². The second kappa shape index (κ2) is 11.6. The van der Waals surface area contributed by atoms with E-state index >= 15 is 0 Å². The molecule has 0 unspecified atom stereocenters. The van der Waals surface area contributed by atoms with E-state index in [4.69, 9.17) is 28.3 Å². The van der Waals surface area contributed by atoms with Crippen molar-refractivity contribution in [2.24, 2.45) is 5.14 Å². The number of carbonyl (C=O) groups excluding carboxylic acids is 1. The maximum absolute atomic E-state index is 14.2. The summed E-state index contributed by atoms with van der Waals surface area (Å²) in [4.78, 5) is 24.2. The number of amides is 1. The van der Waals surface area contributed by atoms with E-state index < -0.39 is 21.9 Å². The zero-order valence-electron chi connectivity index (χ0n) is 20.1. The fourth-order valence-corrected chi connectivity index (χ4v) is 5.75. The Bertz CT molecular complexity index is 1620. The van der Waals surface area contributed by atoms with Crippen LogP contribution in [0.1, 0.15) is 23.3 Å². The molecular weight excluding hydrogens is 592 g/mol. The van der Waals surface area contributed by atoms with Gasteiger partial charge in [0.15, 0.2) is 5.65 Å². The van der Waals surface area contributed by atoms with Crippen LogP contribution in [0.25, 0.3) is 16.9 Å². The number of anilines is 2. The van der Waals surface area contributed by atoms with Crippen LogP contribution in [-0.2, 0) is 10.2 Å². The number of halogens is 4. The van der Waals surface area contributed by atoms with Crippen molar-refractivity contribution in [2.75, 3.05) is 23.3 Å². The van der Waals surface area contributed by atoms with Gasteiger partial charge in [-0.3, -0.25) is 4.79 Å². The standard InChI is InChI=1S/C24H22Cl2FN7O3S.ClH/c25-16-2-1-3-17(26)21(16)22-23-29-8-11-34(23)13-19(30-22)24(35)31-18-12-14(27)4-5-20(18)33-9-6-15(7-10-33)32-38(28,36)37;/h1-5,8,11-13,15,32H,6-7,9-10H2,(H,31,35)(H2,28,36,37);1H. The van der Waals surface area contributed by atoms with Crippen LogP contribution in [0.3, 0.4) is 0 Å². The van der Waals surface area contributed by atoms with Crippen LogP contribution in [0.5, 0.6) is 0 Å². The SMILES string of the molecule is Cl.NS(=O)(=O)NC1CCN(c2ccc(F)cc2NC(=O)c2cn3ccnc3c(-c3c(Cl)cccc3Cl)n2)CC1. The number of carbonyl (C=O) groups is 1. The first kappa shape index (κ1) is 29.0. The van der Waals surface area contributed by atoms with E-state index in [0.29, 0.717) is 58.6 Å². The Hall–Kier alpha value is -3.00. The van der Waals surface area contributed by atoms with Crippen molar-refractivity contribution in [3.63, 3.8) is 0 Å². The zero-order chi connectivity index (χ0) is 27.0. The summed E-state index contributed by atoms with van der Waals surface area (Å²) >= 11 is 12.8. The minimum atomic E-state index is -3.81. The van der Waals surface area contributed by atoms with Crippen molar-refractivity contribution in [3.8, 4) is 11.3 Å². The number of aromatic nitrogens is 3. The van der Waals surface area contributed by atoms with Gasteiger partial charge in [-0.05, 0) is 43.2 Å². The van der Waals surface area contributed by atoms with E-state index in [1.165, 1.54) is 18.3 Å². The average molecular weight is 615 g/mol. The first-order valence-corrected chi connectivity index (χ1v) is 13.8. The highest BCUT2D eigenvalue weighted by molar-refractivity contribution is 7.87. The first-order valence-electron chi connectivity index (χ1n) is 11.5. The molecule has 2 aromatic heterocycles. The molecule has 15 heteroatoms. The van der Waals surface area contributed by atoms with Crippen molar-refractivity contribution >= 4 is 68.7 Å². The van der Waals surface area contributed by atoms with E-state index in [2.05, 4.69) is 20.0 Å². The van der Waals surface area contributed by atoms with Crippen LogP contribution in [0, 0.1) is 5.82 Å². The highest BCUT2D eigenvalue weighted by atomic mass is 35.5. The number of hydrogen-bond acceptors (Lipinski definition) is 6. The molecule has 1 aliphatic heterocycles. The molecule has 0 atom stereocenters. The largest absolute Gasteiger partial charge is 0.370 e. The molecule has 10 nitrogen and oxygen atoms in total. The van der Waals surface area contributed by atoms with Gasteiger partial charge in [-0.25, -0.2) is 19.5 Å². The number of hydrogen-bond donors (Lipinski definition) is 3. The molecule has 4 aromatic rings. The van der Waals surface area contributed by atoms with E-state index in [9.17, 15) is 17.6 Å². The van der Waals surface area contributed by atoms with Crippen molar-refractivity contribution in [1.82, 2.24) is 19.1 Å². The summed E-state index contributed by atoms with van der Waals surface area (Å²) < 4.78 is 41.0. The molecule has 39 heavy (non-hydrogen) atoms. The number of rotatable bonds is 6. The Morgan fingerprint density at radius 2 is 1.82 bits per heavy atom. The minimum Gasteiger partial charge on any atom is -0.370 e. The third-order valence-electron chi connectivity index (χ3n) is 6.18. The molecule has 2 aromatic carbocycles. The zero-order valence-corrected chi connectivity index (χ0v) is 23.3. The van der Waals surface area contributed by atoms with Crippen LogP contribution in [0.2, 0.25) is 10.0 Å². The molecule has 0 saturated carbocycles. The Balaban J connectivity index is 0.00000353. The molecule has 1 saturated heterocycles. The number of nitrogens with zero attached hydrogens (tertiary/aromatic N) is 4. The van der Waals surface area contributed by atoms with Gasteiger partial charge in [0.2, 0.25) is 0 Å². The topological polar surface area (TPSA) is 135 Å². The van der Waals surface area contributed by atoms with Gasteiger partial charge in [-0.1, -0.05) is 29.3 Å². The summed E-state index contributed by atoms with van der Waals surface area (Å²) in [6.07, 6.45) is 5.71. The molecular formula is C24H23Cl3FN7O3S. The Morgan fingerprint density at radius 1 is 1.13 bits per heavy atom. The number of piperidine rings is 1. The monoisotopic (exact) mass is 613 g/mol. The second-order valence-electron chi connectivity index (χ2n) is 8.77. The summed E-state index contributed by atoms with van der Waals surface area (Å²) in [7, 11) is -3.81. The van der Waals surface area contributed by atoms with Crippen molar-refractivity contribution in [3.05, 3.63) is 76.5 Å². The number of nitrogens with two attached hydrogens (primary N) is 1. The van der Waals surface area contributed by atoms with Gasteiger partial charge in [0.05, 0.1) is 21.4 Å². The molecule has 0 aliphatic carbocycles. The van der Waals surface area contributed by atoms with Gasteiger partial charge in [0.25, 0.3) is 16.1 Å². The number of imidazole rings is 1. The fraction of sp³-hybridized carbons (Fsp3) is 0.208. The van der Waals surface area contributed by atoms with E-state index in [1.54, 1.807) is 41.1 Å². The Morgan fingerprint density at radius 3 is 2.49 bits per heavy atom. The van der Waals surface area contributed by atoms with Crippen molar-refractivity contribution in [2.45, 2.75) is 18.9 Å². The summed E-state index contributed by atoms with van der Waals surface area (Å²) in [5.41, 5.74) is 2.09. The summed E-state index contributed by atoms with van der Waals surface area (Å²) in [5, 5.41) is 8.55. The van der Waals surface area contributed by atoms with Gasteiger partial charge in [-0.15, -0.1) is 12.4 Å². The Kier molecular flexibility index (Phi) is 8.64. The molecule has 206 valence electrons. The number of fused-ring (bicyclic) bond motifs is 1. The molecule has 5 rings (SSSR count). The third-order valence-corrected chi connectivity index (χ3v) is 7.47. The lowest BCUT2D eigenvalue weighted by atomic mass is 10.0. The van der Waals surface area contributed by atoms with Crippen molar-refractivity contribution in [1.29, 1.82) is 0 Å². The summed E-state index contributed by atoms with van der Waals surface area (Å²) in [6.45, 7) is 0.937. The molecule has 1 amide bonds. The quantitative estimate of drug-likeness (QED) is 0.297. The van der Waals surface area contributed by atoms with Gasteiger partial charge in [0, 0.05) is 43.3 Å². The molecule has 1 aliphatic rings. The highest BCUT2D eigenvalue weighted by Gasteiger charge is 2.25. The van der Waals surface area contributed by atoms with Crippen molar-refractivity contribution < 1.29 is 17.6 Å². The second-order valence-corrected chi connectivity index (χ2v) is 10.9. The maximum Gasteiger partial charge on any atom is 0.275 e. The molecule has 0 spiro atoms. The lowest BCUT2D eigenvalue weighted by molar-refractivity contribution is 0.102. The molecule has 0 bridgehead atoms. The molecule has 4 N–H and O–H groups in total. The van der Waals surface area contributed by atoms with Gasteiger partial charge < -0.3 is 14.6 Å². The predicted octanol–water partition coefficient (Wildman–Crippen LogP) is 4.28. The maximum atomic E-state index is 14.2. The molecule has 0 radical (unpaired) electrons. The fourth-order valence-electron chi connectivity index (χ4n) is 4.47. The minimum absolute atomic E-state index is 0. The summed E-state index contributed by atoms with van der Waals surface area (Å²) in [6, 6.07) is 8.82. The molecule has 3 heterocycles. The summed E-state index contributed by atoms with van der Waals surface area (Å²) in [5.74, 6) is -1.11. The Labute approximate surface area is 239 Å². The normalized spacial score (nSPS) is 14.3. The molecule has 1 fully saturated rings. The van der Waals surface area contributed by atoms with Gasteiger partial charge in [-0.2, -0.15) is 13.1 Å². The lowest BCUT2D eigenvalue weighted by Crippen LogP contribution is -2.46. The predicted molar refractivity (Wildman–Crippen MR) is 152 cm³/mol. The van der Waals surface area contributed by atoms with Crippen LogP contribution in [-0.4, -0.2) is 47.8 Å². The van der Waals surface area contributed by atoms with Gasteiger partial charge >= 0.3 is 0 Å². The first-order chi connectivity index (χ1) is 18.1. The van der Waals surface area contributed by atoms with Crippen LogP contribution < -0.4 is 20.1 Å². The lowest BCUT2D eigenvalue weighted by Gasteiger charge is -2.34. The number of benzene rings is 2. The van der Waals surface area contributed by atoms with Crippen LogP contribution in [0.15, 0.2) is 55.0 Å². The average Bonchev–Trinajstić information content (AvgIpc) is 3.33. The smallest absolute Gasteiger partial charge is 0.275 e. The van der Waals surface area contributed by atoms with Gasteiger partial charge in [0.1, 0.15) is 17.2 Å². The third kappa shape index (κ3) is 6.43.